The summed E-state index contributed by atoms with van der Waals surface area (Å²) in [5.41, 5.74) is 0.794. The van der Waals surface area contributed by atoms with Crippen molar-refractivity contribution in [1.82, 2.24) is 4.31 Å². The molecule has 1 unspecified atom stereocenters. The van der Waals surface area contributed by atoms with Crippen molar-refractivity contribution in [2.75, 3.05) is 13.1 Å². The Morgan fingerprint density at radius 2 is 2.10 bits per heavy atom. The number of aliphatic hydroxyl groups excluding tert-OH is 1. The van der Waals surface area contributed by atoms with Crippen LogP contribution in [-0.2, 0) is 10.0 Å². The highest BCUT2D eigenvalue weighted by Crippen LogP contribution is 2.26. The quantitative estimate of drug-likeness (QED) is 0.922. The minimum Gasteiger partial charge on any atom is -0.491 e. The molecule has 1 aromatic carbocycles. The molecule has 0 saturated carbocycles. The van der Waals surface area contributed by atoms with Crippen LogP contribution < -0.4 is 4.74 Å². The summed E-state index contributed by atoms with van der Waals surface area (Å²) in [6.07, 6.45) is 0.821. The zero-order valence-corrected chi connectivity index (χ0v) is 13.6. The lowest BCUT2D eigenvalue weighted by atomic mass is 10.1. The molecule has 118 valence electrons. The Kier molecular flexibility index (Phi) is 4.91. The van der Waals surface area contributed by atoms with Crippen LogP contribution in [0.25, 0.3) is 0 Å². The number of rotatable bonds is 4. The number of nitrogens with zero attached hydrogens (tertiary/aromatic N) is 1. The molecule has 2 rings (SSSR count). The van der Waals surface area contributed by atoms with E-state index in [1.807, 2.05) is 20.8 Å². The van der Waals surface area contributed by atoms with Gasteiger partial charge in [0.15, 0.2) is 0 Å². The molecule has 1 saturated heterocycles. The first kappa shape index (κ1) is 16.3. The van der Waals surface area contributed by atoms with Crippen LogP contribution in [0.2, 0.25) is 0 Å². The SMILES string of the molecule is Cc1cc(S(=O)(=O)N2CCCC(O)C2)ccc1OC(C)C. The summed E-state index contributed by atoms with van der Waals surface area (Å²) in [4.78, 5) is 0.255. The average Bonchev–Trinajstić information content (AvgIpc) is 2.40. The van der Waals surface area contributed by atoms with E-state index in [1.54, 1.807) is 18.2 Å². The fourth-order valence-electron chi connectivity index (χ4n) is 2.46. The van der Waals surface area contributed by atoms with Crippen molar-refractivity contribution >= 4 is 10.0 Å². The van der Waals surface area contributed by atoms with E-state index in [0.29, 0.717) is 25.1 Å². The molecule has 0 radical (unpaired) electrons. The van der Waals surface area contributed by atoms with Gasteiger partial charge in [0.1, 0.15) is 5.75 Å². The summed E-state index contributed by atoms with van der Waals surface area (Å²) in [5.74, 6) is 0.697. The van der Waals surface area contributed by atoms with E-state index in [0.717, 1.165) is 5.56 Å². The molecule has 1 aromatic rings. The Bertz CT molecular complexity index is 598. The van der Waals surface area contributed by atoms with E-state index < -0.39 is 16.1 Å². The molecule has 5 nitrogen and oxygen atoms in total. The summed E-state index contributed by atoms with van der Waals surface area (Å²) >= 11 is 0. The molecule has 1 fully saturated rings. The van der Waals surface area contributed by atoms with Crippen LogP contribution in [0, 0.1) is 6.92 Å². The van der Waals surface area contributed by atoms with Crippen LogP contribution in [0.1, 0.15) is 32.3 Å². The molecule has 1 N–H and O–H groups in total. The lowest BCUT2D eigenvalue weighted by Crippen LogP contribution is -2.42. The maximum atomic E-state index is 12.6. The number of ether oxygens (including phenoxy) is 1. The normalized spacial score (nSPS) is 20.7. The van der Waals surface area contributed by atoms with Crippen molar-refractivity contribution in [3.8, 4) is 5.75 Å². The van der Waals surface area contributed by atoms with Gasteiger partial charge in [-0.1, -0.05) is 0 Å². The number of aliphatic hydroxyl groups is 1. The largest absolute Gasteiger partial charge is 0.491 e. The number of aryl methyl sites for hydroxylation is 1. The molecule has 0 bridgehead atoms. The zero-order valence-electron chi connectivity index (χ0n) is 12.7. The Hall–Kier alpha value is -1.11. The number of hydrogen-bond donors (Lipinski definition) is 1. The highest BCUT2D eigenvalue weighted by Gasteiger charge is 2.29. The Labute approximate surface area is 126 Å². The minimum absolute atomic E-state index is 0.0448. The number of benzene rings is 1. The summed E-state index contributed by atoms with van der Waals surface area (Å²) in [6.45, 7) is 6.33. The fraction of sp³-hybridized carbons (Fsp3) is 0.600. The molecule has 21 heavy (non-hydrogen) atoms. The van der Waals surface area contributed by atoms with Gasteiger partial charge in [-0.25, -0.2) is 8.42 Å². The monoisotopic (exact) mass is 313 g/mol. The molecular formula is C15H23NO4S. The number of sulfonamides is 1. The van der Waals surface area contributed by atoms with Crippen molar-refractivity contribution in [1.29, 1.82) is 0 Å². The molecule has 0 aromatic heterocycles. The van der Waals surface area contributed by atoms with Crippen LogP contribution >= 0.6 is 0 Å². The third-order valence-corrected chi connectivity index (χ3v) is 5.37. The molecule has 1 atom stereocenters. The summed E-state index contributed by atoms with van der Waals surface area (Å²) in [5, 5.41) is 9.66. The van der Waals surface area contributed by atoms with Gasteiger partial charge in [0.05, 0.1) is 17.1 Å². The maximum absolute atomic E-state index is 12.6. The van der Waals surface area contributed by atoms with Crippen molar-refractivity contribution in [2.24, 2.45) is 0 Å². The average molecular weight is 313 g/mol. The Morgan fingerprint density at radius 3 is 2.67 bits per heavy atom. The van der Waals surface area contributed by atoms with E-state index >= 15 is 0 Å². The summed E-state index contributed by atoms with van der Waals surface area (Å²) in [6, 6.07) is 4.90. The van der Waals surface area contributed by atoms with Gasteiger partial charge in [0.25, 0.3) is 0 Å². The highest BCUT2D eigenvalue weighted by molar-refractivity contribution is 7.89. The van der Waals surface area contributed by atoms with E-state index in [-0.39, 0.29) is 17.5 Å². The van der Waals surface area contributed by atoms with Crippen molar-refractivity contribution in [2.45, 2.75) is 50.7 Å². The van der Waals surface area contributed by atoms with Crippen molar-refractivity contribution < 1.29 is 18.3 Å². The summed E-state index contributed by atoms with van der Waals surface area (Å²) in [7, 11) is -3.54. The van der Waals surface area contributed by atoms with Crippen molar-refractivity contribution in [3.05, 3.63) is 23.8 Å². The minimum atomic E-state index is -3.54. The van der Waals surface area contributed by atoms with Crippen LogP contribution in [0.4, 0.5) is 0 Å². The topological polar surface area (TPSA) is 66.8 Å². The lowest BCUT2D eigenvalue weighted by Gasteiger charge is -2.29. The van der Waals surface area contributed by atoms with Crippen LogP contribution in [0.5, 0.6) is 5.75 Å². The fourth-order valence-corrected chi connectivity index (χ4v) is 4.06. The second kappa shape index (κ2) is 6.34. The zero-order chi connectivity index (χ0) is 15.6. The van der Waals surface area contributed by atoms with E-state index in [2.05, 4.69) is 0 Å². The van der Waals surface area contributed by atoms with Crippen molar-refractivity contribution in [3.63, 3.8) is 0 Å². The van der Waals surface area contributed by atoms with E-state index in [1.165, 1.54) is 4.31 Å². The first-order valence-corrected chi connectivity index (χ1v) is 8.70. The second-order valence-corrected chi connectivity index (χ2v) is 7.69. The Balaban J connectivity index is 2.26. The second-order valence-electron chi connectivity index (χ2n) is 5.75. The lowest BCUT2D eigenvalue weighted by molar-refractivity contribution is 0.108. The summed E-state index contributed by atoms with van der Waals surface area (Å²) < 4.78 is 32.2. The molecule has 6 heteroatoms. The van der Waals surface area contributed by atoms with Gasteiger partial charge in [-0.15, -0.1) is 0 Å². The van der Waals surface area contributed by atoms with E-state index in [9.17, 15) is 13.5 Å². The first-order valence-electron chi connectivity index (χ1n) is 7.26. The van der Waals surface area contributed by atoms with Gasteiger partial charge in [0.2, 0.25) is 10.0 Å². The van der Waals surface area contributed by atoms with Gasteiger partial charge in [-0.3, -0.25) is 0 Å². The number of β-amino-alcohol motifs (C(OH)–C–C–N with tert-alkyl or cyclic N) is 1. The van der Waals surface area contributed by atoms with Gasteiger partial charge < -0.3 is 9.84 Å². The standard InChI is InChI=1S/C15H23NO4S/c1-11(2)20-15-7-6-14(9-12(15)3)21(18,19)16-8-4-5-13(17)10-16/h6-7,9,11,13,17H,4-5,8,10H2,1-3H3. The highest BCUT2D eigenvalue weighted by atomic mass is 32.2. The number of piperidine rings is 1. The molecule has 0 amide bonds. The predicted octanol–water partition coefficient (Wildman–Crippen LogP) is 1.93. The molecule has 1 heterocycles. The molecular weight excluding hydrogens is 290 g/mol. The van der Waals surface area contributed by atoms with Gasteiger partial charge in [-0.2, -0.15) is 4.31 Å². The Morgan fingerprint density at radius 1 is 1.38 bits per heavy atom. The first-order chi connectivity index (χ1) is 9.80. The third-order valence-electron chi connectivity index (χ3n) is 3.51. The number of hydrogen-bond acceptors (Lipinski definition) is 4. The predicted molar refractivity (Wildman–Crippen MR) is 80.9 cm³/mol. The smallest absolute Gasteiger partial charge is 0.243 e. The third kappa shape index (κ3) is 3.75. The van der Waals surface area contributed by atoms with E-state index in [4.69, 9.17) is 4.74 Å². The molecule has 0 spiro atoms. The van der Waals surface area contributed by atoms with Crippen LogP contribution in [0.15, 0.2) is 23.1 Å². The van der Waals surface area contributed by atoms with Crippen LogP contribution in [0.3, 0.4) is 0 Å². The van der Waals surface area contributed by atoms with Gasteiger partial charge >= 0.3 is 0 Å². The van der Waals surface area contributed by atoms with Gasteiger partial charge in [0, 0.05) is 13.1 Å². The molecule has 0 aliphatic carbocycles. The molecule has 1 aliphatic heterocycles. The molecule has 1 aliphatic rings. The maximum Gasteiger partial charge on any atom is 0.243 e. The van der Waals surface area contributed by atoms with Gasteiger partial charge in [-0.05, 0) is 57.4 Å². The van der Waals surface area contributed by atoms with Crippen LogP contribution in [-0.4, -0.2) is 43.1 Å².